The van der Waals surface area contributed by atoms with E-state index in [0.717, 1.165) is 38.0 Å². The van der Waals surface area contributed by atoms with Gasteiger partial charge in [0.1, 0.15) is 23.0 Å². The molecule has 10 heteroatoms. The van der Waals surface area contributed by atoms with Gasteiger partial charge in [0.05, 0.1) is 25.6 Å². The highest BCUT2D eigenvalue weighted by molar-refractivity contribution is 9.10. The van der Waals surface area contributed by atoms with Gasteiger partial charge in [-0.05, 0) is 55.0 Å². The van der Waals surface area contributed by atoms with Crippen LogP contribution in [0.4, 0.5) is 0 Å². The molecule has 3 heterocycles. The Bertz CT molecular complexity index is 1370. The number of phenolic OH excluding ortho intramolecular Hbond substituents is 2. The molecule has 4 aromatic rings. The normalized spacial score (nSPS) is 15.9. The number of phenols is 2. The van der Waals surface area contributed by atoms with Gasteiger partial charge in [0.15, 0.2) is 0 Å². The van der Waals surface area contributed by atoms with Crippen molar-refractivity contribution < 1.29 is 19.0 Å². The van der Waals surface area contributed by atoms with Gasteiger partial charge in [-0.1, -0.05) is 31.9 Å². The topological polar surface area (TPSA) is 97.9 Å². The molecular formula is C31H32Br2N4O4. The molecule has 5 rings (SSSR count). The second-order valence-electron chi connectivity index (χ2n) is 10.0. The molecule has 0 unspecified atom stereocenters. The molecule has 0 spiro atoms. The second-order valence-corrected chi connectivity index (χ2v) is 11.8. The molecule has 0 aliphatic carbocycles. The maximum Gasteiger partial charge on any atom is 0.128 e. The van der Waals surface area contributed by atoms with E-state index in [1.807, 2.05) is 48.5 Å². The molecule has 0 saturated carbocycles. The largest absolute Gasteiger partial charge is 0.507 e. The number of rotatable bonds is 4. The van der Waals surface area contributed by atoms with E-state index in [1.54, 1.807) is 25.0 Å². The van der Waals surface area contributed by atoms with Crippen molar-refractivity contribution in [2.45, 2.75) is 32.6 Å². The van der Waals surface area contributed by atoms with Crippen molar-refractivity contribution in [1.82, 2.24) is 9.80 Å². The van der Waals surface area contributed by atoms with Crippen LogP contribution in [0, 0.1) is 0 Å². The van der Waals surface area contributed by atoms with Crippen molar-refractivity contribution in [2.24, 2.45) is 9.98 Å². The number of furan rings is 2. The van der Waals surface area contributed by atoms with Gasteiger partial charge in [-0.25, -0.2) is 0 Å². The molecule has 4 bridgehead atoms. The summed E-state index contributed by atoms with van der Waals surface area (Å²) in [5, 5.41) is 22.3. The lowest BCUT2D eigenvalue weighted by Gasteiger charge is -2.28. The number of benzene rings is 2. The quantitative estimate of drug-likeness (QED) is 0.247. The Labute approximate surface area is 256 Å². The molecule has 0 radical (unpaired) electrons. The first kappa shape index (κ1) is 29.3. The van der Waals surface area contributed by atoms with Crippen molar-refractivity contribution >= 4 is 44.3 Å². The number of halogens is 2. The Morgan fingerprint density at radius 3 is 1.59 bits per heavy atom. The van der Waals surface area contributed by atoms with Crippen LogP contribution in [0.15, 0.2) is 88.8 Å². The van der Waals surface area contributed by atoms with Crippen molar-refractivity contribution in [2.75, 3.05) is 26.2 Å². The Morgan fingerprint density at radius 2 is 1.17 bits per heavy atom. The SMILES string of the molecule is Oc1c2cc(Br)cc1CN(Cc1ccco1)CCN(Cc1ccco1)Cc1cc(Br)cc(c1O)C=NCCCN=C2. The zero-order valence-corrected chi connectivity index (χ0v) is 25.7. The van der Waals surface area contributed by atoms with Crippen molar-refractivity contribution in [1.29, 1.82) is 0 Å². The monoisotopic (exact) mass is 682 g/mol. The summed E-state index contributed by atoms with van der Waals surface area (Å²) in [6.45, 7) is 4.61. The third kappa shape index (κ3) is 8.19. The summed E-state index contributed by atoms with van der Waals surface area (Å²) >= 11 is 7.22. The standard InChI is InChI=1S/C31H32Br2N4O4/c32-26-12-22-16-34-6-3-7-35-17-23-13-27(33)15-25(31(23)39)19-37(21-29-5-2-11-41-29)9-8-36(18-24(14-26)30(22)38)20-28-4-1-10-40-28/h1-2,4-5,10-17,38-39H,3,6-9,18-21H2. The molecule has 214 valence electrons. The predicted octanol–water partition coefficient (Wildman–Crippen LogP) is 6.75. The van der Waals surface area contributed by atoms with Crippen LogP contribution >= 0.6 is 31.9 Å². The summed E-state index contributed by atoms with van der Waals surface area (Å²) < 4.78 is 13.1. The van der Waals surface area contributed by atoms with Gasteiger partial charge >= 0.3 is 0 Å². The van der Waals surface area contributed by atoms with Crippen molar-refractivity contribution in [3.05, 3.63) is 104 Å². The molecule has 0 fully saturated rings. The van der Waals surface area contributed by atoms with Crippen LogP contribution < -0.4 is 0 Å². The maximum atomic E-state index is 11.2. The van der Waals surface area contributed by atoms with Crippen LogP contribution in [0.5, 0.6) is 11.5 Å². The highest BCUT2D eigenvalue weighted by Crippen LogP contribution is 2.30. The highest BCUT2D eigenvalue weighted by atomic mass is 79.9. The second kappa shape index (κ2) is 14.1. The van der Waals surface area contributed by atoms with Gasteiger partial charge in [-0.15, -0.1) is 0 Å². The first-order valence-corrected chi connectivity index (χ1v) is 15.0. The maximum absolute atomic E-state index is 11.2. The lowest BCUT2D eigenvalue weighted by molar-refractivity contribution is 0.165. The number of hydrogen-bond acceptors (Lipinski definition) is 8. The molecule has 41 heavy (non-hydrogen) atoms. The van der Waals surface area contributed by atoms with Crippen molar-refractivity contribution in [3.8, 4) is 11.5 Å². The number of nitrogens with zero attached hydrogens (tertiary/aromatic N) is 4. The van der Waals surface area contributed by atoms with E-state index in [9.17, 15) is 10.2 Å². The number of hydrogen-bond donors (Lipinski definition) is 2. The van der Waals surface area contributed by atoms with Crippen molar-refractivity contribution in [3.63, 3.8) is 0 Å². The van der Waals surface area contributed by atoms with E-state index in [-0.39, 0.29) is 11.5 Å². The lowest BCUT2D eigenvalue weighted by Crippen LogP contribution is -2.34. The smallest absolute Gasteiger partial charge is 0.128 e. The molecule has 0 amide bonds. The van der Waals surface area contributed by atoms with Gasteiger partial charge in [-0.3, -0.25) is 19.8 Å². The highest BCUT2D eigenvalue weighted by Gasteiger charge is 2.19. The number of aliphatic imine (C=N–C) groups is 2. The molecular weight excluding hydrogens is 652 g/mol. The molecule has 0 saturated heterocycles. The first-order chi connectivity index (χ1) is 19.9. The fraction of sp³-hybridized carbons (Fsp3) is 0.290. The Kier molecular flexibility index (Phi) is 10.1. The third-order valence-electron chi connectivity index (χ3n) is 6.84. The van der Waals surface area contributed by atoms with Crippen LogP contribution in [0.3, 0.4) is 0 Å². The van der Waals surface area contributed by atoms with E-state index in [0.29, 0.717) is 63.5 Å². The van der Waals surface area contributed by atoms with E-state index >= 15 is 0 Å². The van der Waals surface area contributed by atoms with Crippen LogP contribution in [0.2, 0.25) is 0 Å². The predicted molar refractivity (Wildman–Crippen MR) is 167 cm³/mol. The van der Waals surface area contributed by atoms with Gasteiger partial charge in [0.25, 0.3) is 0 Å². The summed E-state index contributed by atoms with van der Waals surface area (Å²) in [6.07, 6.45) is 7.52. The van der Waals surface area contributed by atoms with Crippen LogP contribution in [0.1, 0.15) is 40.2 Å². The van der Waals surface area contributed by atoms with E-state index < -0.39 is 0 Å². The minimum absolute atomic E-state index is 0.218. The molecule has 8 nitrogen and oxygen atoms in total. The average Bonchev–Trinajstić information content (AvgIpc) is 3.65. The van der Waals surface area contributed by atoms with Crippen LogP contribution in [-0.4, -0.2) is 58.6 Å². The third-order valence-corrected chi connectivity index (χ3v) is 7.76. The van der Waals surface area contributed by atoms with E-state index in [4.69, 9.17) is 8.83 Å². The molecule has 1 aliphatic heterocycles. The van der Waals surface area contributed by atoms with Gasteiger partial charge in [-0.2, -0.15) is 0 Å². The minimum atomic E-state index is 0.218. The lowest BCUT2D eigenvalue weighted by atomic mass is 10.1. The summed E-state index contributed by atoms with van der Waals surface area (Å²) in [6, 6.07) is 15.3. The molecule has 0 atom stereocenters. The fourth-order valence-electron chi connectivity index (χ4n) is 4.81. The van der Waals surface area contributed by atoms with Crippen LogP contribution in [-0.2, 0) is 26.2 Å². The zero-order chi connectivity index (χ0) is 28.6. The van der Waals surface area contributed by atoms with E-state index in [1.165, 1.54) is 0 Å². The van der Waals surface area contributed by atoms with Crippen LogP contribution in [0.25, 0.3) is 0 Å². The molecule has 2 aromatic carbocycles. The summed E-state index contributed by atoms with van der Waals surface area (Å²) in [7, 11) is 0. The Hall–Kier alpha value is -3.18. The molecule has 2 aromatic heterocycles. The van der Waals surface area contributed by atoms with E-state index in [2.05, 4.69) is 51.6 Å². The van der Waals surface area contributed by atoms with Gasteiger partial charge < -0.3 is 19.0 Å². The first-order valence-electron chi connectivity index (χ1n) is 13.5. The summed E-state index contributed by atoms with van der Waals surface area (Å²) in [4.78, 5) is 13.5. The minimum Gasteiger partial charge on any atom is -0.507 e. The molecule has 2 N–H and O–H groups in total. The van der Waals surface area contributed by atoms with Gasteiger partial charge in [0, 0.05) is 82.9 Å². The summed E-state index contributed by atoms with van der Waals surface area (Å²) in [5.41, 5.74) is 2.92. The summed E-state index contributed by atoms with van der Waals surface area (Å²) in [5.74, 6) is 2.11. The van der Waals surface area contributed by atoms with Gasteiger partial charge in [0.2, 0.25) is 0 Å². The number of aromatic hydroxyl groups is 2. The Balaban J connectivity index is 1.49. The number of fused-ring (bicyclic) bond motifs is 4. The molecule has 1 aliphatic rings. The zero-order valence-electron chi connectivity index (χ0n) is 22.5. The average molecular weight is 684 g/mol. The Morgan fingerprint density at radius 1 is 0.707 bits per heavy atom. The fourth-order valence-corrected chi connectivity index (χ4v) is 5.86.